The predicted molar refractivity (Wildman–Crippen MR) is 49.4 cm³/mol. The second kappa shape index (κ2) is 4.33. The van der Waals surface area contributed by atoms with E-state index in [4.69, 9.17) is 10.1 Å². The van der Waals surface area contributed by atoms with Crippen molar-refractivity contribution in [1.82, 2.24) is 4.90 Å². The van der Waals surface area contributed by atoms with E-state index in [1.54, 1.807) is 0 Å². The summed E-state index contributed by atoms with van der Waals surface area (Å²) in [5.41, 5.74) is 0. The zero-order valence-corrected chi connectivity index (χ0v) is 7.97. The summed E-state index contributed by atoms with van der Waals surface area (Å²) in [6, 6.07) is 0.961. The predicted octanol–water partition coefficient (Wildman–Crippen LogP) is 1.83. The summed E-state index contributed by atoms with van der Waals surface area (Å²) in [7, 11) is 0. The zero-order chi connectivity index (χ0) is 8.97. The Hall–Kier alpha value is -0.730. The van der Waals surface area contributed by atoms with E-state index < -0.39 is 0 Å². The SMILES string of the molecule is CCCC[C@H]1CN1C(=N)OCC. The van der Waals surface area contributed by atoms with Gasteiger partial charge < -0.3 is 9.64 Å². The second-order valence-corrected chi connectivity index (χ2v) is 3.19. The highest BCUT2D eigenvalue weighted by Gasteiger charge is 2.36. The second-order valence-electron chi connectivity index (χ2n) is 3.19. The van der Waals surface area contributed by atoms with Crippen molar-refractivity contribution in [3.8, 4) is 0 Å². The van der Waals surface area contributed by atoms with Crippen LogP contribution in [0.25, 0.3) is 0 Å². The van der Waals surface area contributed by atoms with Crippen molar-refractivity contribution >= 4 is 6.02 Å². The molecule has 0 aromatic carbocycles. The van der Waals surface area contributed by atoms with Crippen molar-refractivity contribution in [2.45, 2.75) is 39.2 Å². The maximum atomic E-state index is 7.48. The van der Waals surface area contributed by atoms with Gasteiger partial charge in [-0.2, -0.15) is 0 Å². The molecule has 12 heavy (non-hydrogen) atoms. The number of ether oxygens (including phenoxy) is 1. The molecule has 3 heteroatoms. The molecular weight excluding hydrogens is 152 g/mol. The van der Waals surface area contributed by atoms with E-state index in [1.165, 1.54) is 19.3 Å². The first-order valence-electron chi connectivity index (χ1n) is 4.77. The lowest BCUT2D eigenvalue weighted by Crippen LogP contribution is -2.15. The van der Waals surface area contributed by atoms with Gasteiger partial charge in [-0.25, -0.2) is 0 Å². The Bertz CT molecular complexity index is 159. The van der Waals surface area contributed by atoms with Crippen LogP contribution >= 0.6 is 0 Å². The molecule has 1 fully saturated rings. The van der Waals surface area contributed by atoms with Crippen LogP contribution in [0.5, 0.6) is 0 Å². The summed E-state index contributed by atoms with van der Waals surface area (Å²) in [6.45, 7) is 5.74. The third kappa shape index (κ3) is 2.40. The standard InChI is InChI=1S/C9H18N2O/c1-3-5-6-8-7-11(8)9(10)12-4-2/h8,10H,3-7H2,1-2H3/t8-,11?/m0/s1. The highest BCUT2D eigenvalue weighted by molar-refractivity contribution is 5.73. The highest BCUT2D eigenvalue weighted by atomic mass is 16.5. The third-order valence-electron chi connectivity index (χ3n) is 2.15. The Labute approximate surface area is 74.2 Å². The number of nitrogens with zero attached hydrogens (tertiary/aromatic N) is 1. The van der Waals surface area contributed by atoms with E-state index >= 15 is 0 Å². The molecule has 0 bridgehead atoms. The highest BCUT2D eigenvalue weighted by Crippen LogP contribution is 2.23. The smallest absolute Gasteiger partial charge is 0.284 e. The lowest BCUT2D eigenvalue weighted by Gasteiger charge is -2.06. The number of amidine groups is 1. The van der Waals surface area contributed by atoms with Gasteiger partial charge in [-0.3, -0.25) is 5.41 Å². The molecule has 3 nitrogen and oxygen atoms in total. The maximum absolute atomic E-state index is 7.48. The van der Waals surface area contributed by atoms with Crippen molar-refractivity contribution < 1.29 is 4.74 Å². The van der Waals surface area contributed by atoms with Crippen LogP contribution in [-0.4, -0.2) is 30.1 Å². The topological polar surface area (TPSA) is 36.1 Å². The number of unbranched alkanes of at least 4 members (excludes halogenated alkanes) is 1. The minimum Gasteiger partial charge on any atom is -0.466 e. The van der Waals surface area contributed by atoms with Crippen LogP contribution in [-0.2, 0) is 4.74 Å². The minimum atomic E-state index is 0.360. The molecule has 0 unspecified atom stereocenters. The first kappa shape index (κ1) is 9.36. The van der Waals surface area contributed by atoms with E-state index in [1.807, 2.05) is 11.8 Å². The molecule has 0 aromatic rings. The lowest BCUT2D eigenvalue weighted by atomic mass is 10.2. The quantitative estimate of drug-likeness (QED) is 0.397. The molecule has 1 atom stereocenters. The van der Waals surface area contributed by atoms with E-state index in [9.17, 15) is 0 Å². The molecule has 0 radical (unpaired) electrons. The Morgan fingerprint density at radius 3 is 2.92 bits per heavy atom. The minimum absolute atomic E-state index is 0.360. The fourth-order valence-corrected chi connectivity index (χ4v) is 1.34. The summed E-state index contributed by atoms with van der Waals surface area (Å²) in [4.78, 5) is 2.01. The third-order valence-corrected chi connectivity index (χ3v) is 2.15. The monoisotopic (exact) mass is 170 g/mol. The van der Waals surface area contributed by atoms with Crippen LogP contribution in [0, 0.1) is 5.41 Å². The van der Waals surface area contributed by atoms with Crippen LogP contribution in [0.3, 0.4) is 0 Å². The van der Waals surface area contributed by atoms with Gasteiger partial charge in [0.1, 0.15) is 0 Å². The van der Waals surface area contributed by atoms with E-state index in [-0.39, 0.29) is 0 Å². The fourth-order valence-electron chi connectivity index (χ4n) is 1.34. The van der Waals surface area contributed by atoms with Gasteiger partial charge >= 0.3 is 0 Å². The fraction of sp³-hybridized carbons (Fsp3) is 0.889. The van der Waals surface area contributed by atoms with Crippen LogP contribution in [0.1, 0.15) is 33.1 Å². The largest absolute Gasteiger partial charge is 0.466 e. The normalized spacial score (nSPS) is 20.8. The van der Waals surface area contributed by atoms with E-state index in [0.29, 0.717) is 18.7 Å². The van der Waals surface area contributed by atoms with Gasteiger partial charge in [0.15, 0.2) is 0 Å². The summed E-state index contributed by atoms with van der Waals surface area (Å²) in [5, 5.41) is 7.48. The van der Waals surface area contributed by atoms with Crippen LogP contribution in [0.2, 0.25) is 0 Å². The van der Waals surface area contributed by atoms with Crippen molar-refractivity contribution in [2.24, 2.45) is 0 Å². The molecule has 0 saturated carbocycles. The van der Waals surface area contributed by atoms with Gasteiger partial charge in [0.25, 0.3) is 6.02 Å². The van der Waals surface area contributed by atoms with Crippen LogP contribution in [0.4, 0.5) is 0 Å². The van der Waals surface area contributed by atoms with Crippen molar-refractivity contribution in [1.29, 1.82) is 5.41 Å². The molecule has 0 aliphatic carbocycles. The Morgan fingerprint density at radius 2 is 2.33 bits per heavy atom. The van der Waals surface area contributed by atoms with Gasteiger partial charge in [0, 0.05) is 6.54 Å². The molecule has 0 amide bonds. The molecule has 1 aliphatic heterocycles. The molecule has 1 N–H and O–H groups in total. The summed E-state index contributed by atoms with van der Waals surface area (Å²) in [5.74, 6) is 0. The average molecular weight is 170 g/mol. The van der Waals surface area contributed by atoms with E-state index in [2.05, 4.69) is 6.92 Å². The van der Waals surface area contributed by atoms with Gasteiger partial charge in [-0.15, -0.1) is 0 Å². The Kier molecular flexibility index (Phi) is 3.38. The van der Waals surface area contributed by atoms with Crippen LogP contribution in [0.15, 0.2) is 0 Å². The first-order valence-corrected chi connectivity index (χ1v) is 4.77. The summed E-state index contributed by atoms with van der Waals surface area (Å²) >= 11 is 0. The van der Waals surface area contributed by atoms with E-state index in [0.717, 1.165) is 6.54 Å². The molecule has 1 saturated heterocycles. The van der Waals surface area contributed by atoms with Crippen molar-refractivity contribution in [3.05, 3.63) is 0 Å². The molecule has 1 aliphatic rings. The maximum Gasteiger partial charge on any atom is 0.284 e. The molecule has 1 heterocycles. The van der Waals surface area contributed by atoms with Gasteiger partial charge in [0.05, 0.1) is 12.6 Å². The van der Waals surface area contributed by atoms with Crippen molar-refractivity contribution in [2.75, 3.05) is 13.2 Å². The van der Waals surface area contributed by atoms with Crippen LogP contribution < -0.4 is 0 Å². The lowest BCUT2D eigenvalue weighted by molar-refractivity contribution is 0.285. The summed E-state index contributed by atoms with van der Waals surface area (Å²) < 4.78 is 5.09. The number of hydrogen-bond acceptors (Lipinski definition) is 2. The molecule has 0 spiro atoms. The molecule has 70 valence electrons. The average Bonchev–Trinajstić information content (AvgIpc) is 2.80. The number of hydrogen-bond donors (Lipinski definition) is 1. The number of nitrogens with one attached hydrogen (secondary N) is 1. The van der Waals surface area contributed by atoms with Gasteiger partial charge in [-0.1, -0.05) is 19.8 Å². The summed E-state index contributed by atoms with van der Waals surface area (Å²) in [6.07, 6.45) is 3.72. The molecule has 0 aromatic heterocycles. The van der Waals surface area contributed by atoms with Gasteiger partial charge in [-0.05, 0) is 13.3 Å². The van der Waals surface area contributed by atoms with Crippen molar-refractivity contribution in [3.63, 3.8) is 0 Å². The molecule has 1 rings (SSSR count). The Morgan fingerprint density at radius 1 is 1.58 bits per heavy atom. The van der Waals surface area contributed by atoms with Gasteiger partial charge in [0.2, 0.25) is 0 Å². The molecular formula is C9H18N2O. The Balaban J connectivity index is 2.10. The number of rotatable bonds is 4. The zero-order valence-electron chi connectivity index (χ0n) is 7.97. The first-order chi connectivity index (χ1) is 5.79.